The summed E-state index contributed by atoms with van der Waals surface area (Å²) in [6.45, 7) is 1.41. The normalized spacial score (nSPS) is 17.3. The molecule has 17 heavy (non-hydrogen) atoms. The molecule has 0 atom stereocenters. The third-order valence-electron chi connectivity index (χ3n) is 2.97. The van der Waals surface area contributed by atoms with Gasteiger partial charge < -0.3 is 10.0 Å². The minimum absolute atomic E-state index is 0.511. The van der Waals surface area contributed by atoms with Crippen LogP contribution in [0.4, 0.5) is 0 Å². The first kappa shape index (κ1) is 12.3. The zero-order chi connectivity index (χ0) is 12.4. The third-order valence-corrected chi connectivity index (χ3v) is 3.46. The van der Waals surface area contributed by atoms with E-state index >= 15 is 0 Å². The number of carboxylic acid groups (broad SMARTS) is 1. The maximum Gasteiger partial charge on any atom is 0.333 e. The topological polar surface area (TPSA) is 40.5 Å². The molecule has 0 fully saturated rings. The van der Waals surface area contributed by atoms with Crippen molar-refractivity contribution in [3.8, 4) is 0 Å². The SMILES string of the molecule is CN1CCC(c2cccc(Br)c2)=C(C(=O)O)C1. The van der Waals surface area contributed by atoms with Gasteiger partial charge in [0.2, 0.25) is 0 Å². The lowest BCUT2D eigenvalue weighted by atomic mass is 9.94. The molecule has 0 aromatic heterocycles. The maximum absolute atomic E-state index is 11.3. The van der Waals surface area contributed by atoms with Gasteiger partial charge in [-0.1, -0.05) is 28.1 Å². The Bertz CT molecular complexity index is 482. The van der Waals surface area contributed by atoms with E-state index in [-0.39, 0.29) is 0 Å². The van der Waals surface area contributed by atoms with Crippen LogP contribution in [0.2, 0.25) is 0 Å². The predicted octanol–water partition coefficient (Wildman–Crippen LogP) is 2.62. The lowest BCUT2D eigenvalue weighted by Crippen LogP contribution is -2.30. The van der Waals surface area contributed by atoms with Gasteiger partial charge >= 0.3 is 5.97 Å². The van der Waals surface area contributed by atoms with E-state index in [2.05, 4.69) is 15.9 Å². The summed E-state index contributed by atoms with van der Waals surface area (Å²) in [7, 11) is 1.95. The first-order valence-electron chi connectivity index (χ1n) is 5.47. The molecule has 90 valence electrons. The Hall–Kier alpha value is -1.13. The number of aliphatic carboxylic acids is 1. The molecule has 0 saturated carbocycles. The monoisotopic (exact) mass is 295 g/mol. The van der Waals surface area contributed by atoms with E-state index in [1.807, 2.05) is 36.2 Å². The fraction of sp³-hybridized carbons (Fsp3) is 0.308. The highest BCUT2D eigenvalue weighted by Crippen LogP contribution is 2.28. The van der Waals surface area contributed by atoms with Gasteiger partial charge in [-0.2, -0.15) is 0 Å². The van der Waals surface area contributed by atoms with Crippen LogP contribution in [0.1, 0.15) is 12.0 Å². The van der Waals surface area contributed by atoms with Crippen LogP contribution in [-0.2, 0) is 4.79 Å². The minimum atomic E-state index is -0.813. The fourth-order valence-electron chi connectivity index (χ4n) is 2.09. The first-order valence-corrected chi connectivity index (χ1v) is 6.27. The summed E-state index contributed by atoms with van der Waals surface area (Å²) in [5.41, 5.74) is 2.47. The molecular weight excluding hydrogens is 282 g/mol. The van der Waals surface area contributed by atoms with Crippen molar-refractivity contribution in [1.29, 1.82) is 0 Å². The molecule has 0 radical (unpaired) electrons. The van der Waals surface area contributed by atoms with E-state index in [9.17, 15) is 9.90 Å². The Kier molecular flexibility index (Phi) is 3.64. The molecule has 0 spiro atoms. The Morgan fingerprint density at radius 2 is 2.24 bits per heavy atom. The molecule has 1 N–H and O–H groups in total. The maximum atomic E-state index is 11.3. The van der Waals surface area contributed by atoms with Crippen LogP contribution in [0.15, 0.2) is 34.3 Å². The Balaban J connectivity index is 2.46. The molecule has 2 rings (SSSR count). The largest absolute Gasteiger partial charge is 0.478 e. The van der Waals surface area contributed by atoms with Gasteiger partial charge in [0.25, 0.3) is 0 Å². The molecule has 1 aromatic carbocycles. The van der Waals surface area contributed by atoms with Crippen LogP contribution in [0.3, 0.4) is 0 Å². The molecule has 1 aromatic rings. The first-order chi connectivity index (χ1) is 8.08. The predicted molar refractivity (Wildman–Crippen MR) is 70.8 cm³/mol. The number of hydrogen-bond donors (Lipinski definition) is 1. The second kappa shape index (κ2) is 5.02. The molecule has 4 heteroatoms. The number of halogens is 1. The van der Waals surface area contributed by atoms with Crippen molar-refractivity contribution < 1.29 is 9.90 Å². The molecule has 1 aliphatic heterocycles. The van der Waals surface area contributed by atoms with Gasteiger partial charge in [-0.05, 0) is 36.7 Å². The Morgan fingerprint density at radius 1 is 1.47 bits per heavy atom. The fourth-order valence-corrected chi connectivity index (χ4v) is 2.49. The Labute approximate surface area is 109 Å². The lowest BCUT2D eigenvalue weighted by molar-refractivity contribution is -0.132. The van der Waals surface area contributed by atoms with Gasteiger partial charge in [0.05, 0.1) is 5.57 Å². The highest BCUT2D eigenvalue weighted by atomic mass is 79.9. The van der Waals surface area contributed by atoms with Gasteiger partial charge in [-0.25, -0.2) is 4.79 Å². The van der Waals surface area contributed by atoms with Gasteiger partial charge in [0.1, 0.15) is 0 Å². The second-order valence-electron chi connectivity index (χ2n) is 4.26. The van der Waals surface area contributed by atoms with E-state index in [0.717, 1.165) is 28.6 Å². The summed E-state index contributed by atoms with van der Waals surface area (Å²) in [4.78, 5) is 13.3. The molecule has 3 nitrogen and oxygen atoms in total. The standard InChI is InChI=1S/C13H14BrNO2/c1-15-6-5-11(12(8-15)13(16)17)9-3-2-4-10(14)7-9/h2-4,7H,5-6,8H2,1H3,(H,16,17). The van der Waals surface area contributed by atoms with Crippen LogP contribution < -0.4 is 0 Å². The average molecular weight is 296 g/mol. The highest BCUT2D eigenvalue weighted by molar-refractivity contribution is 9.10. The van der Waals surface area contributed by atoms with Crippen LogP contribution in [0, 0.1) is 0 Å². The van der Waals surface area contributed by atoms with Crippen molar-refractivity contribution in [3.05, 3.63) is 39.9 Å². The van der Waals surface area contributed by atoms with E-state index < -0.39 is 5.97 Å². The molecule has 0 unspecified atom stereocenters. The molecule has 0 bridgehead atoms. The number of nitrogens with zero attached hydrogens (tertiary/aromatic N) is 1. The minimum Gasteiger partial charge on any atom is -0.478 e. The number of rotatable bonds is 2. The number of benzene rings is 1. The van der Waals surface area contributed by atoms with Gasteiger partial charge in [0.15, 0.2) is 0 Å². The van der Waals surface area contributed by atoms with E-state index in [1.165, 1.54) is 0 Å². The van der Waals surface area contributed by atoms with Crippen LogP contribution in [-0.4, -0.2) is 36.1 Å². The van der Waals surface area contributed by atoms with E-state index in [1.54, 1.807) is 0 Å². The smallest absolute Gasteiger partial charge is 0.333 e. The summed E-state index contributed by atoms with van der Waals surface area (Å²) in [6, 6.07) is 7.82. The van der Waals surface area contributed by atoms with Crippen molar-refractivity contribution in [1.82, 2.24) is 4.90 Å². The molecule has 0 saturated heterocycles. The molecular formula is C13H14BrNO2. The van der Waals surface area contributed by atoms with Crippen LogP contribution in [0.25, 0.3) is 5.57 Å². The molecule has 0 aliphatic carbocycles. The van der Waals surface area contributed by atoms with Crippen molar-refractivity contribution in [3.63, 3.8) is 0 Å². The zero-order valence-electron chi connectivity index (χ0n) is 9.61. The highest BCUT2D eigenvalue weighted by Gasteiger charge is 2.22. The van der Waals surface area contributed by atoms with Crippen LogP contribution >= 0.6 is 15.9 Å². The van der Waals surface area contributed by atoms with Crippen molar-refractivity contribution in [2.75, 3.05) is 20.1 Å². The van der Waals surface area contributed by atoms with Gasteiger partial charge in [0, 0.05) is 17.6 Å². The van der Waals surface area contributed by atoms with Crippen molar-refractivity contribution in [2.45, 2.75) is 6.42 Å². The summed E-state index contributed by atoms with van der Waals surface area (Å²) >= 11 is 3.42. The number of carbonyl (C=O) groups is 1. The van der Waals surface area contributed by atoms with Crippen molar-refractivity contribution in [2.24, 2.45) is 0 Å². The van der Waals surface area contributed by atoms with E-state index in [4.69, 9.17) is 0 Å². The molecule has 1 aliphatic rings. The van der Waals surface area contributed by atoms with E-state index in [0.29, 0.717) is 12.1 Å². The average Bonchev–Trinajstić information content (AvgIpc) is 2.28. The van der Waals surface area contributed by atoms with Gasteiger partial charge in [-0.3, -0.25) is 0 Å². The second-order valence-corrected chi connectivity index (χ2v) is 5.18. The quantitative estimate of drug-likeness (QED) is 0.912. The summed E-state index contributed by atoms with van der Waals surface area (Å²) in [6.07, 6.45) is 0.786. The number of carboxylic acids is 1. The zero-order valence-corrected chi connectivity index (χ0v) is 11.2. The Morgan fingerprint density at radius 3 is 2.88 bits per heavy atom. The van der Waals surface area contributed by atoms with Gasteiger partial charge in [-0.15, -0.1) is 0 Å². The summed E-state index contributed by atoms with van der Waals surface area (Å²) in [5.74, 6) is -0.813. The summed E-state index contributed by atoms with van der Waals surface area (Å²) in [5, 5.41) is 9.26. The number of hydrogen-bond acceptors (Lipinski definition) is 2. The molecule has 0 amide bonds. The van der Waals surface area contributed by atoms with Crippen LogP contribution in [0.5, 0.6) is 0 Å². The third kappa shape index (κ3) is 2.76. The van der Waals surface area contributed by atoms with Crippen molar-refractivity contribution >= 4 is 27.5 Å². The lowest BCUT2D eigenvalue weighted by Gasteiger charge is -2.26. The molecule has 1 heterocycles. The summed E-state index contributed by atoms with van der Waals surface area (Å²) < 4.78 is 0.978. The number of likely N-dealkylation sites (N-methyl/N-ethyl adjacent to an activating group) is 1.